The first-order chi connectivity index (χ1) is 10.9. The zero-order chi connectivity index (χ0) is 16.8. The summed E-state index contributed by atoms with van der Waals surface area (Å²) in [5.74, 6) is 0.0576. The summed E-state index contributed by atoms with van der Waals surface area (Å²) in [6.45, 7) is -1.50. The van der Waals surface area contributed by atoms with E-state index in [0.717, 1.165) is 0 Å². The van der Waals surface area contributed by atoms with Crippen molar-refractivity contribution in [2.45, 2.75) is 41.7 Å². The molecule has 2 unspecified atom stereocenters. The van der Waals surface area contributed by atoms with Gasteiger partial charge in [-0.15, -0.1) is 0 Å². The van der Waals surface area contributed by atoms with Gasteiger partial charge in [0.15, 0.2) is 5.60 Å². The molecule has 2 aliphatic rings. The third kappa shape index (κ3) is 2.32. The lowest BCUT2D eigenvalue weighted by atomic mass is 9.77. The topological polar surface area (TPSA) is 153 Å². The fraction of sp³-hybridized carbons (Fsp3) is 0.714. The van der Waals surface area contributed by atoms with Gasteiger partial charge in [-0.2, -0.15) is 0 Å². The smallest absolute Gasteiger partial charge is 0.182 e. The number of furan rings is 1. The lowest BCUT2D eigenvalue weighted by Crippen LogP contribution is -2.66. The molecule has 0 radical (unpaired) electrons. The summed E-state index contributed by atoms with van der Waals surface area (Å²) < 4.78 is 16.2. The summed E-state index contributed by atoms with van der Waals surface area (Å²) in [7, 11) is 0. The molecule has 0 saturated carbocycles. The normalized spacial score (nSPS) is 47.8. The van der Waals surface area contributed by atoms with Gasteiger partial charge in [0.2, 0.25) is 0 Å². The highest BCUT2D eigenvalue weighted by Gasteiger charge is 2.65. The van der Waals surface area contributed by atoms with E-state index < -0.39 is 54.9 Å². The number of aliphatic hydroxyl groups is 6. The molecule has 0 amide bonds. The van der Waals surface area contributed by atoms with Crippen molar-refractivity contribution in [2.24, 2.45) is 0 Å². The van der Waals surface area contributed by atoms with Crippen molar-refractivity contribution in [3.63, 3.8) is 0 Å². The van der Waals surface area contributed by atoms with Crippen LogP contribution in [0, 0.1) is 0 Å². The molecule has 2 fully saturated rings. The second-order valence-electron chi connectivity index (χ2n) is 6.02. The Labute approximate surface area is 131 Å². The van der Waals surface area contributed by atoms with Crippen LogP contribution in [0.3, 0.4) is 0 Å². The lowest BCUT2D eigenvalue weighted by Gasteiger charge is -2.47. The molecule has 3 heterocycles. The van der Waals surface area contributed by atoms with E-state index in [0.29, 0.717) is 0 Å². The maximum atomic E-state index is 10.5. The maximum Gasteiger partial charge on any atom is 0.182 e. The quantitative estimate of drug-likeness (QED) is 0.341. The first-order valence-electron chi connectivity index (χ1n) is 7.22. The number of ether oxygens (including phenoxy) is 2. The molecular weight excluding hydrogens is 312 g/mol. The van der Waals surface area contributed by atoms with Gasteiger partial charge in [0.25, 0.3) is 0 Å². The molecule has 7 atom stereocenters. The summed E-state index contributed by atoms with van der Waals surface area (Å²) in [6.07, 6.45) is -6.24. The molecule has 0 spiro atoms. The van der Waals surface area contributed by atoms with Crippen LogP contribution in [-0.2, 0) is 15.1 Å². The Morgan fingerprint density at radius 2 is 1.91 bits per heavy atom. The lowest BCUT2D eigenvalue weighted by molar-refractivity contribution is -0.288. The van der Waals surface area contributed by atoms with Gasteiger partial charge in [0.1, 0.15) is 41.9 Å². The molecule has 0 aromatic carbocycles. The molecule has 9 heteroatoms. The molecule has 2 saturated heterocycles. The van der Waals surface area contributed by atoms with Crippen molar-refractivity contribution >= 4 is 0 Å². The average molecular weight is 332 g/mol. The van der Waals surface area contributed by atoms with E-state index in [1.165, 1.54) is 18.4 Å². The van der Waals surface area contributed by atoms with Crippen molar-refractivity contribution in [2.75, 3.05) is 19.8 Å². The van der Waals surface area contributed by atoms with Gasteiger partial charge in [0, 0.05) is 0 Å². The van der Waals surface area contributed by atoms with Gasteiger partial charge in [-0.1, -0.05) is 0 Å². The van der Waals surface area contributed by atoms with E-state index in [9.17, 15) is 30.6 Å². The molecule has 3 rings (SSSR count). The Balaban J connectivity index is 2.05. The standard InChI is InChI=1S/C14H20O9/c15-5-13(20)6-22-12(11(13)19)14(8-2-1-3-21-8)10(18)9(17)7(16)4-23-14/h1-3,7,9-12,15-20H,4-6H2/t7-,9-,10-,11+,12?,13?,14+/m1/s1. The molecule has 6 N–H and O–H groups in total. The van der Waals surface area contributed by atoms with E-state index in [1.807, 2.05) is 0 Å². The predicted octanol–water partition coefficient (Wildman–Crippen LogP) is -2.93. The van der Waals surface area contributed by atoms with E-state index in [2.05, 4.69) is 0 Å². The van der Waals surface area contributed by atoms with E-state index in [1.54, 1.807) is 0 Å². The zero-order valence-corrected chi connectivity index (χ0v) is 12.1. The van der Waals surface area contributed by atoms with Crippen LogP contribution in [0.4, 0.5) is 0 Å². The molecule has 9 nitrogen and oxygen atoms in total. The van der Waals surface area contributed by atoms with Crippen molar-refractivity contribution < 1.29 is 44.5 Å². The zero-order valence-electron chi connectivity index (χ0n) is 12.1. The Morgan fingerprint density at radius 1 is 1.17 bits per heavy atom. The molecular formula is C14H20O9. The van der Waals surface area contributed by atoms with Crippen LogP contribution >= 0.6 is 0 Å². The third-order valence-corrected chi connectivity index (χ3v) is 4.60. The number of rotatable bonds is 3. The van der Waals surface area contributed by atoms with Crippen LogP contribution in [0.5, 0.6) is 0 Å². The molecule has 130 valence electrons. The Bertz CT molecular complexity index is 534. The highest BCUT2D eigenvalue weighted by atomic mass is 16.6. The van der Waals surface area contributed by atoms with Gasteiger partial charge < -0.3 is 44.5 Å². The third-order valence-electron chi connectivity index (χ3n) is 4.60. The number of aliphatic hydroxyl groups excluding tert-OH is 5. The molecule has 1 aromatic heterocycles. The summed E-state index contributed by atoms with van der Waals surface area (Å²) in [6, 6.07) is 2.98. The van der Waals surface area contributed by atoms with E-state index in [-0.39, 0.29) is 12.4 Å². The fourth-order valence-electron chi connectivity index (χ4n) is 3.17. The molecule has 2 aliphatic heterocycles. The number of hydrogen-bond donors (Lipinski definition) is 6. The largest absolute Gasteiger partial charge is 0.466 e. The van der Waals surface area contributed by atoms with E-state index >= 15 is 0 Å². The molecule has 0 bridgehead atoms. The van der Waals surface area contributed by atoms with Crippen LogP contribution < -0.4 is 0 Å². The minimum Gasteiger partial charge on any atom is -0.466 e. The summed E-state index contributed by atoms with van der Waals surface area (Å²) >= 11 is 0. The van der Waals surface area contributed by atoms with Crippen molar-refractivity contribution in [1.29, 1.82) is 0 Å². The number of hydrogen-bond acceptors (Lipinski definition) is 9. The van der Waals surface area contributed by atoms with Gasteiger partial charge in [-0.05, 0) is 12.1 Å². The van der Waals surface area contributed by atoms with Crippen LogP contribution in [0.1, 0.15) is 5.76 Å². The molecule has 0 aliphatic carbocycles. The maximum absolute atomic E-state index is 10.5. The summed E-state index contributed by atoms with van der Waals surface area (Å²) in [5.41, 5.74) is -3.78. The summed E-state index contributed by atoms with van der Waals surface area (Å²) in [4.78, 5) is 0. The minimum absolute atomic E-state index is 0.0576. The Hall–Kier alpha value is -1.04. The monoisotopic (exact) mass is 332 g/mol. The SMILES string of the molecule is OCC1(O)COC([C@@]2(c3ccco3)OC[C@@H](O)[C@@H](O)[C@H]2O)[C@@H]1O. The van der Waals surface area contributed by atoms with Crippen LogP contribution in [0.25, 0.3) is 0 Å². The van der Waals surface area contributed by atoms with Crippen molar-refractivity contribution in [3.8, 4) is 0 Å². The minimum atomic E-state index is -1.94. The second-order valence-corrected chi connectivity index (χ2v) is 6.02. The highest BCUT2D eigenvalue weighted by Crippen LogP contribution is 2.45. The van der Waals surface area contributed by atoms with Crippen LogP contribution in [0.2, 0.25) is 0 Å². The second kappa shape index (κ2) is 5.80. The van der Waals surface area contributed by atoms with Gasteiger partial charge in [0.05, 0.1) is 26.1 Å². The average Bonchev–Trinajstić information content (AvgIpc) is 3.17. The van der Waals surface area contributed by atoms with Gasteiger partial charge >= 0.3 is 0 Å². The molecule has 1 aromatic rings. The summed E-state index contributed by atoms with van der Waals surface area (Å²) in [5, 5.41) is 60.1. The first-order valence-corrected chi connectivity index (χ1v) is 7.22. The molecule has 23 heavy (non-hydrogen) atoms. The van der Waals surface area contributed by atoms with Crippen molar-refractivity contribution in [3.05, 3.63) is 24.2 Å². The fourth-order valence-corrected chi connectivity index (χ4v) is 3.17. The highest BCUT2D eigenvalue weighted by molar-refractivity contribution is 5.22. The van der Waals surface area contributed by atoms with E-state index in [4.69, 9.17) is 13.9 Å². The Morgan fingerprint density at radius 3 is 2.48 bits per heavy atom. The predicted molar refractivity (Wildman–Crippen MR) is 72.1 cm³/mol. The first kappa shape index (κ1) is 16.8. The van der Waals surface area contributed by atoms with Crippen LogP contribution in [-0.4, -0.2) is 86.6 Å². The van der Waals surface area contributed by atoms with Crippen LogP contribution in [0.15, 0.2) is 22.8 Å². The van der Waals surface area contributed by atoms with Crippen molar-refractivity contribution in [1.82, 2.24) is 0 Å². The Kier molecular flexibility index (Phi) is 4.23. The van der Waals surface area contributed by atoms with Gasteiger partial charge in [-0.3, -0.25) is 0 Å². The van der Waals surface area contributed by atoms with Gasteiger partial charge in [-0.25, -0.2) is 0 Å².